The Morgan fingerprint density at radius 3 is 2.67 bits per heavy atom. The van der Waals surface area contributed by atoms with E-state index in [-0.39, 0.29) is 17.9 Å². The van der Waals surface area contributed by atoms with Gasteiger partial charge in [-0.3, -0.25) is 4.79 Å². The van der Waals surface area contributed by atoms with Crippen LogP contribution in [0.3, 0.4) is 0 Å². The zero-order valence-corrected chi connectivity index (χ0v) is 14.5. The number of rotatable bonds is 9. The Hall–Kier alpha value is -1.39. The number of carbonyl (C=O) groups excluding carboxylic acids is 1. The molecule has 2 fully saturated rings. The lowest BCUT2D eigenvalue weighted by molar-refractivity contribution is -0.127. The molecule has 3 rings (SSSR count). The monoisotopic (exact) mass is 330 g/mol. The van der Waals surface area contributed by atoms with Crippen LogP contribution in [0.15, 0.2) is 30.3 Å². The number of amides is 1. The van der Waals surface area contributed by atoms with Gasteiger partial charge in [0.2, 0.25) is 5.91 Å². The van der Waals surface area contributed by atoms with Crippen LogP contribution < -0.4 is 11.1 Å². The van der Waals surface area contributed by atoms with Crippen molar-refractivity contribution >= 4 is 5.91 Å². The molecule has 0 spiro atoms. The number of fused-ring (bicyclic) bond motifs is 2. The van der Waals surface area contributed by atoms with Gasteiger partial charge in [0.15, 0.2) is 0 Å². The topological polar surface area (TPSA) is 64.4 Å². The summed E-state index contributed by atoms with van der Waals surface area (Å²) in [6.07, 6.45) is 6.47. The van der Waals surface area contributed by atoms with E-state index in [1.165, 1.54) is 18.4 Å². The fourth-order valence-corrected chi connectivity index (χ4v) is 4.32. The molecule has 0 heterocycles. The first-order valence-electron chi connectivity index (χ1n) is 9.40. The highest BCUT2D eigenvalue weighted by Crippen LogP contribution is 2.47. The maximum absolute atomic E-state index is 12.3. The Morgan fingerprint density at radius 2 is 1.92 bits per heavy atom. The average molecular weight is 330 g/mol. The van der Waals surface area contributed by atoms with Gasteiger partial charge in [0, 0.05) is 19.2 Å². The zero-order valence-electron chi connectivity index (χ0n) is 14.5. The van der Waals surface area contributed by atoms with Gasteiger partial charge in [-0.2, -0.15) is 0 Å². The van der Waals surface area contributed by atoms with Crippen molar-refractivity contribution < 1.29 is 9.53 Å². The van der Waals surface area contributed by atoms with Crippen LogP contribution in [-0.4, -0.2) is 31.7 Å². The van der Waals surface area contributed by atoms with Gasteiger partial charge >= 0.3 is 0 Å². The molecule has 0 aromatic heterocycles. The van der Waals surface area contributed by atoms with Crippen LogP contribution in [0.4, 0.5) is 0 Å². The molecule has 2 aliphatic rings. The molecule has 4 heteroatoms. The van der Waals surface area contributed by atoms with E-state index < -0.39 is 0 Å². The van der Waals surface area contributed by atoms with Crippen LogP contribution in [0.1, 0.15) is 37.7 Å². The minimum atomic E-state index is 0.0610. The van der Waals surface area contributed by atoms with E-state index in [0.717, 1.165) is 45.4 Å². The Bertz CT molecular complexity index is 518. The lowest BCUT2D eigenvalue weighted by Crippen LogP contribution is -2.45. The van der Waals surface area contributed by atoms with E-state index >= 15 is 0 Å². The van der Waals surface area contributed by atoms with Crippen molar-refractivity contribution in [3.8, 4) is 0 Å². The summed E-state index contributed by atoms with van der Waals surface area (Å²) in [7, 11) is 0. The minimum absolute atomic E-state index is 0.0610. The van der Waals surface area contributed by atoms with Gasteiger partial charge in [0.1, 0.15) is 0 Å². The van der Waals surface area contributed by atoms with Crippen LogP contribution in [0.2, 0.25) is 0 Å². The summed E-state index contributed by atoms with van der Waals surface area (Å²) in [4.78, 5) is 12.3. The standard InChI is InChI=1S/C20H30N2O2/c21-19-17-9-8-16(14-17)18(19)20(23)22-11-4-5-12-24-13-10-15-6-2-1-3-7-15/h1-3,6-7,16-19H,4-5,8-14,21H2,(H,22,23). The summed E-state index contributed by atoms with van der Waals surface area (Å²) in [6, 6.07) is 10.5. The number of benzene rings is 1. The second-order valence-corrected chi connectivity index (χ2v) is 7.28. The molecular formula is C20H30N2O2. The summed E-state index contributed by atoms with van der Waals surface area (Å²) >= 11 is 0. The Morgan fingerprint density at radius 1 is 1.12 bits per heavy atom. The Labute approximate surface area is 145 Å². The van der Waals surface area contributed by atoms with Crippen LogP contribution in [0, 0.1) is 17.8 Å². The molecule has 1 aromatic carbocycles. The predicted octanol–water partition coefficient (Wildman–Crippen LogP) is 2.52. The molecule has 2 saturated carbocycles. The summed E-state index contributed by atoms with van der Waals surface area (Å²) < 4.78 is 5.67. The van der Waals surface area contributed by atoms with Crippen molar-refractivity contribution in [3.05, 3.63) is 35.9 Å². The molecule has 1 aromatic rings. The summed E-state index contributed by atoms with van der Waals surface area (Å²) in [5.74, 6) is 1.36. The predicted molar refractivity (Wildman–Crippen MR) is 95.5 cm³/mol. The van der Waals surface area contributed by atoms with Crippen molar-refractivity contribution in [1.29, 1.82) is 0 Å². The molecule has 132 valence electrons. The molecule has 4 unspecified atom stereocenters. The van der Waals surface area contributed by atoms with Gasteiger partial charge in [0.25, 0.3) is 0 Å². The molecule has 0 aliphatic heterocycles. The smallest absolute Gasteiger partial charge is 0.224 e. The first-order valence-corrected chi connectivity index (χ1v) is 9.40. The second kappa shape index (κ2) is 8.63. The highest BCUT2D eigenvalue weighted by molar-refractivity contribution is 5.80. The summed E-state index contributed by atoms with van der Waals surface area (Å²) in [6.45, 7) is 2.26. The Kier molecular flexibility index (Phi) is 6.27. The van der Waals surface area contributed by atoms with Gasteiger partial charge in [-0.15, -0.1) is 0 Å². The van der Waals surface area contributed by atoms with Gasteiger partial charge < -0.3 is 15.8 Å². The van der Waals surface area contributed by atoms with Gasteiger partial charge in [-0.05, 0) is 55.9 Å². The second-order valence-electron chi connectivity index (χ2n) is 7.28. The molecule has 2 aliphatic carbocycles. The normalized spacial score (nSPS) is 28.2. The first-order chi connectivity index (χ1) is 11.8. The van der Waals surface area contributed by atoms with Crippen LogP contribution in [0.25, 0.3) is 0 Å². The fraction of sp³-hybridized carbons (Fsp3) is 0.650. The number of unbranched alkanes of at least 4 members (excludes halogenated alkanes) is 1. The molecule has 24 heavy (non-hydrogen) atoms. The van der Waals surface area contributed by atoms with E-state index in [2.05, 4.69) is 29.6 Å². The summed E-state index contributed by atoms with van der Waals surface area (Å²) in [5, 5.41) is 3.08. The zero-order chi connectivity index (χ0) is 16.8. The molecule has 4 atom stereocenters. The van der Waals surface area contributed by atoms with Gasteiger partial charge in [-0.25, -0.2) is 0 Å². The van der Waals surface area contributed by atoms with E-state index in [0.29, 0.717) is 11.8 Å². The molecule has 0 radical (unpaired) electrons. The fourth-order valence-electron chi connectivity index (χ4n) is 4.32. The van der Waals surface area contributed by atoms with E-state index in [4.69, 9.17) is 10.5 Å². The molecule has 4 nitrogen and oxygen atoms in total. The maximum Gasteiger partial charge on any atom is 0.224 e. The molecule has 1 amide bonds. The Balaban J connectivity index is 1.21. The third-order valence-electron chi connectivity index (χ3n) is 5.68. The number of ether oxygens (including phenoxy) is 1. The number of nitrogens with two attached hydrogens (primary N) is 1. The average Bonchev–Trinajstić information content (AvgIpc) is 3.19. The lowest BCUT2D eigenvalue weighted by atomic mass is 9.84. The third kappa shape index (κ3) is 4.37. The largest absolute Gasteiger partial charge is 0.381 e. The van der Waals surface area contributed by atoms with Crippen LogP contribution in [0.5, 0.6) is 0 Å². The highest BCUT2D eigenvalue weighted by Gasteiger charge is 2.48. The molecule has 3 N–H and O–H groups in total. The lowest BCUT2D eigenvalue weighted by Gasteiger charge is -2.27. The first kappa shape index (κ1) is 17.4. The number of carbonyl (C=O) groups is 1. The van der Waals surface area contributed by atoms with Crippen LogP contribution in [-0.2, 0) is 16.0 Å². The quantitative estimate of drug-likeness (QED) is 0.684. The number of hydrogen-bond acceptors (Lipinski definition) is 3. The van der Waals surface area contributed by atoms with Crippen LogP contribution >= 0.6 is 0 Å². The van der Waals surface area contributed by atoms with E-state index in [1.54, 1.807) is 0 Å². The summed E-state index contributed by atoms with van der Waals surface area (Å²) in [5.41, 5.74) is 7.53. The van der Waals surface area contributed by atoms with Crippen molar-refractivity contribution in [3.63, 3.8) is 0 Å². The molecular weight excluding hydrogens is 300 g/mol. The number of nitrogens with one attached hydrogen (secondary N) is 1. The SMILES string of the molecule is NC1C2CCC(C2)C1C(=O)NCCCCOCCc1ccccc1. The van der Waals surface area contributed by atoms with E-state index in [9.17, 15) is 4.79 Å². The van der Waals surface area contributed by atoms with Crippen molar-refractivity contribution in [1.82, 2.24) is 5.32 Å². The minimum Gasteiger partial charge on any atom is -0.381 e. The van der Waals surface area contributed by atoms with Gasteiger partial charge in [-0.1, -0.05) is 30.3 Å². The van der Waals surface area contributed by atoms with Crippen molar-refractivity contribution in [2.24, 2.45) is 23.5 Å². The number of hydrogen-bond donors (Lipinski definition) is 2. The van der Waals surface area contributed by atoms with Crippen molar-refractivity contribution in [2.45, 2.75) is 44.6 Å². The van der Waals surface area contributed by atoms with Crippen molar-refractivity contribution in [2.75, 3.05) is 19.8 Å². The maximum atomic E-state index is 12.3. The third-order valence-corrected chi connectivity index (χ3v) is 5.68. The molecule has 0 saturated heterocycles. The van der Waals surface area contributed by atoms with E-state index in [1.807, 2.05) is 6.07 Å². The molecule has 2 bridgehead atoms. The van der Waals surface area contributed by atoms with Gasteiger partial charge in [0.05, 0.1) is 12.5 Å². The highest BCUT2D eigenvalue weighted by atomic mass is 16.5.